The number of likely N-dealkylation sites (tertiary alicyclic amines) is 1. The largest absolute Gasteiger partial charge is 0.314 e. The molecular formula is C12H21N3S. The van der Waals surface area contributed by atoms with Gasteiger partial charge in [-0.15, -0.1) is 11.3 Å². The first-order valence-corrected chi connectivity index (χ1v) is 7.00. The van der Waals surface area contributed by atoms with Crippen molar-refractivity contribution in [1.29, 1.82) is 0 Å². The fourth-order valence-electron chi connectivity index (χ4n) is 2.32. The first-order chi connectivity index (χ1) is 7.81. The molecule has 2 rings (SSSR count). The minimum atomic E-state index is 0.827. The van der Waals surface area contributed by atoms with Crippen LogP contribution in [-0.4, -0.2) is 36.6 Å². The summed E-state index contributed by atoms with van der Waals surface area (Å²) in [5.41, 5.74) is 1.19. The Bertz CT molecular complexity index is 324. The number of thiazole rings is 1. The molecule has 1 aliphatic rings. The molecule has 4 heteroatoms. The molecule has 16 heavy (non-hydrogen) atoms. The van der Waals surface area contributed by atoms with Gasteiger partial charge in [0.2, 0.25) is 0 Å². The van der Waals surface area contributed by atoms with Crippen LogP contribution in [-0.2, 0) is 13.0 Å². The smallest absolute Gasteiger partial charge is 0.0932 e. The van der Waals surface area contributed by atoms with Gasteiger partial charge in [0.25, 0.3) is 0 Å². The Morgan fingerprint density at radius 2 is 2.50 bits per heavy atom. The van der Waals surface area contributed by atoms with Crippen LogP contribution in [0, 0.1) is 5.92 Å². The number of nitrogens with one attached hydrogen (secondary N) is 1. The number of hydrogen-bond acceptors (Lipinski definition) is 4. The minimum absolute atomic E-state index is 0.827. The Balaban J connectivity index is 1.84. The molecule has 0 amide bonds. The molecule has 0 aromatic carbocycles. The molecule has 90 valence electrons. The van der Waals surface area contributed by atoms with Crippen LogP contribution in [0.3, 0.4) is 0 Å². The molecule has 1 saturated heterocycles. The van der Waals surface area contributed by atoms with Crippen LogP contribution < -0.4 is 5.32 Å². The van der Waals surface area contributed by atoms with Crippen molar-refractivity contribution in [3.8, 4) is 0 Å². The molecule has 1 atom stereocenters. The lowest BCUT2D eigenvalue weighted by atomic mass is 10.1. The van der Waals surface area contributed by atoms with Crippen LogP contribution >= 0.6 is 11.3 Å². The summed E-state index contributed by atoms with van der Waals surface area (Å²) in [6, 6.07) is 0. The Kier molecular flexibility index (Phi) is 4.32. The monoisotopic (exact) mass is 239 g/mol. The van der Waals surface area contributed by atoms with Crippen molar-refractivity contribution in [3.63, 3.8) is 0 Å². The summed E-state index contributed by atoms with van der Waals surface area (Å²) in [5, 5.41) is 6.64. The van der Waals surface area contributed by atoms with Crippen molar-refractivity contribution in [2.75, 3.05) is 26.7 Å². The van der Waals surface area contributed by atoms with Crippen molar-refractivity contribution in [2.24, 2.45) is 5.92 Å². The van der Waals surface area contributed by atoms with E-state index in [4.69, 9.17) is 0 Å². The topological polar surface area (TPSA) is 28.2 Å². The van der Waals surface area contributed by atoms with Crippen LogP contribution in [0.15, 0.2) is 5.38 Å². The van der Waals surface area contributed by atoms with Crippen molar-refractivity contribution in [2.45, 2.75) is 26.3 Å². The van der Waals surface area contributed by atoms with Gasteiger partial charge in [-0.2, -0.15) is 0 Å². The van der Waals surface area contributed by atoms with Gasteiger partial charge in [0, 0.05) is 24.9 Å². The molecule has 0 bridgehead atoms. The molecule has 0 radical (unpaired) electrons. The van der Waals surface area contributed by atoms with Crippen LogP contribution in [0.2, 0.25) is 0 Å². The number of aromatic nitrogens is 1. The van der Waals surface area contributed by atoms with E-state index >= 15 is 0 Å². The van der Waals surface area contributed by atoms with Gasteiger partial charge in [-0.25, -0.2) is 4.98 Å². The SMILES string of the molecule is CCN1CCC(Cc2nc(CNC)cs2)C1. The maximum atomic E-state index is 4.65. The van der Waals surface area contributed by atoms with Crippen molar-refractivity contribution in [1.82, 2.24) is 15.2 Å². The molecule has 1 N–H and O–H groups in total. The van der Waals surface area contributed by atoms with Gasteiger partial charge in [0.15, 0.2) is 0 Å². The molecule has 0 saturated carbocycles. The second-order valence-corrected chi connectivity index (χ2v) is 5.46. The third-order valence-corrected chi connectivity index (χ3v) is 4.16. The van der Waals surface area contributed by atoms with E-state index in [-0.39, 0.29) is 0 Å². The zero-order valence-corrected chi connectivity index (χ0v) is 11.0. The normalized spacial score (nSPS) is 21.8. The second kappa shape index (κ2) is 5.75. The zero-order chi connectivity index (χ0) is 11.4. The third kappa shape index (κ3) is 3.03. The molecule has 1 unspecified atom stereocenters. The van der Waals surface area contributed by atoms with Gasteiger partial charge in [-0.3, -0.25) is 0 Å². The van der Waals surface area contributed by atoms with E-state index in [0.29, 0.717) is 0 Å². The molecule has 1 fully saturated rings. The quantitative estimate of drug-likeness (QED) is 0.848. The van der Waals surface area contributed by atoms with Gasteiger partial charge in [-0.1, -0.05) is 6.92 Å². The van der Waals surface area contributed by atoms with Crippen molar-refractivity contribution >= 4 is 11.3 Å². The van der Waals surface area contributed by atoms with Crippen LogP contribution in [0.5, 0.6) is 0 Å². The second-order valence-electron chi connectivity index (χ2n) is 4.51. The number of hydrogen-bond donors (Lipinski definition) is 1. The highest BCUT2D eigenvalue weighted by atomic mass is 32.1. The van der Waals surface area contributed by atoms with Gasteiger partial charge in [0.1, 0.15) is 0 Å². The van der Waals surface area contributed by atoms with E-state index < -0.39 is 0 Å². The summed E-state index contributed by atoms with van der Waals surface area (Å²) in [7, 11) is 1.97. The predicted molar refractivity (Wildman–Crippen MR) is 68.8 cm³/mol. The number of rotatable bonds is 5. The van der Waals surface area contributed by atoms with E-state index in [9.17, 15) is 0 Å². The molecule has 1 aromatic rings. The van der Waals surface area contributed by atoms with E-state index in [1.165, 1.54) is 43.2 Å². The molecule has 2 heterocycles. The number of nitrogens with zero attached hydrogens (tertiary/aromatic N) is 2. The maximum Gasteiger partial charge on any atom is 0.0932 e. The molecule has 0 aliphatic carbocycles. The van der Waals surface area contributed by atoms with E-state index in [2.05, 4.69) is 27.5 Å². The lowest BCUT2D eigenvalue weighted by Gasteiger charge is -2.11. The fraction of sp³-hybridized carbons (Fsp3) is 0.750. The Labute approximate surface area is 102 Å². The van der Waals surface area contributed by atoms with Crippen LogP contribution in [0.1, 0.15) is 24.0 Å². The summed E-state index contributed by atoms with van der Waals surface area (Å²) in [5.74, 6) is 0.827. The lowest BCUT2D eigenvalue weighted by Crippen LogP contribution is -2.20. The third-order valence-electron chi connectivity index (χ3n) is 3.24. The summed E-state index contributed by atoms with van der Waals surface area (Å²) >= 11 is 1.82. The van der Waals surface area contributed by atoms with Gasteiger partial charge in [0.05, 0.1) is 10.7 Å². The molecule has 1 aliphatic heterocycles. The highest BCUT2D eigenvalue weighted by Gasteiger charge is 2.22. The summed E-state index contributed by atoms with van der Waals surface area (Å²) in [6.07, 6.45) is 2.51. The summed E-state index contributed by atoms with van der Waals surface area (Å²) < 4.78 is 0. The van der Waals surface area contributed by atoms with E-state index in [1.807, 2.05) is 18.4 Å². The highest BCUT2D eigenvalue weighted by molar-refractivity contribution is 7.09. The zero-order valence-electron chi connectivity index (χ0n) is 10.2. The Hall–Kier alpha value is -0.450. The first-order valence-electron chi connectivity index (χ1n) is 6.12. The Morgan fingerprint density at radius 3 is 3.19 bits per heavy atom. The van der Waals surface area contributed by atoms with Gasteiger partial charge >= 0.3 is 0 Å². The molecule has 3 nitrogen and oxygen atoms in total. The van der Waals surface area contributed by atoms with Crippen molar-refractivity contribution < 1.29 is 0 Å². The summed E-state index contributed by atoms with van der Waals surface area (Å²) in [4.78, 5) is 7.19. The first kappa shape index (κ1) is 12.0. The van der Waals surface area contributed by atoms with Crippen molar-refractivity contribution in [3.05, 3.63) is 16.1 Å². The fourth-order valence-corrected chi connectivity index (χ4v) is 3.23. The average molecular weight is 239 g/mol. The lowest BCUT2D eigenvalue weighted by molar-refractivity contribution is 0.342. The average Bonchev–Trinajstić information content (AvgIpc) is 2.89. The molecule has 0 spiro atoms. The molecular weight excluding hydrogens is 218 g/mol. The van der Waals surface area contributed by atoms with Crippen LogP contribution in [0.25, 0.3) is 0 Å². The highest BCUT2D eigenvalue weighted by Crippen LogP contribution is 2.22. The Morgan fingerprint density at radius 1 is 1.62 bits per heavy atom. The standard InChI is InChI=1S/C12H21N3S/c1-3-15-5-4-10(8-15)6-12-14-11(7-13-2)9-16-12/h9-10,13H,3-8H2,1-2H3. The van der Waals surface area contributed by atoms with Crippen LogP contribution in [0.4, 0.5) is 0 Å². The van der Waals surface area contributed by atoms with Gasteiger partial charge < -0.3 is 10.2 Å². The van der Waals surface area contributed by atoms with E-state index in [1.54, 1.807) is 0 Å². The maximum absolute atomic E-state index is 4.65. The van der Waals surface area contributed by atoms with E-state index in [0.717, 1.165) is 12.5 Å². The summed E-state index contributed by atoms with van der Waals surface area (Å²) in [6.45, 7) is 6.87. The minimum Gasteiger partial charge on any atom is -0.314 e. The molecule has 1 aromatic heterocycles. The predicted octanol–water partition coefficient (Wildman–Crippen LogP) is 1.75. The van der Waals surface area contributed by atoms with Gasteiger partial charge in [-0.05, 0) is 32.5 Å².